The molecule has 0 aliphatic carbocycles. The Hall–Kier alpha value is -1.38. The minimum absolute atomic E-state index is 0.0233. The monoisotopic (exact) mass is 352 g/mol. The fourth-order valence-corrected chi connectivity index (χ4v) is 6.08. The number of carbonyl (C=O) groups excluding carboxylic acids is 1. The van der Waals surface area contributed by atoms with E-state index < -0.39 is 10.0 Å². The lowest BCUT2D eigenvalue weighted by atomic mass is 10.1. The van der Waals surface area contributed by atoms with Gasteiger partial charge in [0.15, 0.2) is 0 Å². The zero-order valence-electron chi connectivity index (χ0n) is 13.7. The van der Waals surface area contributed by atoms with Crippen molar-refractivity contribution >= 4 is 15.9 Å². The maximum atomic E-state index is 13.1. The molecule has 3 aliphatic heterocycles. The number of fused-ring (bicyclic) bond motifs is 2. The lowest BCUT2D eigenvalue weighted by molar-refractivity contribution is 0.0787. The van der Waals surface area contributed by atoms with E-state index in [0.717, 1.165) is 51.7 Å². The highest BCUT2D eigenvalue weighted by molar-refractivity contribution is 7.89. The summed E-state index contributed by atoms with van der Waals surface area (Å²) in [6.07, 6.45) is 6.18. The lowest BCUT2D eigenvalue weighted by Gasteiger charge is -2.26. The van der Waals surface area contributed by atoms with E-state index in [4.69, 9.17) is 0 Å². The summed E-state index contributed by atoms with van der Waals surface area (Å²) in [5, 5.41) is 3.32. The molecule has 3 aliphatic rings. The Kier molecular flexibility index (Phi) is 4.14. The molecule has 1 aromatic heterocycles. The van der Waals surface area contributed by atoms with Gasteiger partial charge < -0.3 is 15.2 Å². The van der Waals surface area contributed by atoms with Crippen LogP contribution in [0.4, 0.5) is 0 Å². The molecule has 0 radical (unpaired) electrons. The van der Waals surface area contributed by atoms with Gasteiger partial charge in [0.2, 0.25) is 10.0 Å². The van der Waals surface area contributed by atoms with Crippen LogP contribution >= 0.6 is 0 Å². The van der Waals surface area contributed by atoms with Gasteiger partial charge in [-0.25, -0.2) is 8.42 Å². The Morgan fingerprint density at radius 3 is 2.67 bits per heavy atom. The molecule has 0 saturated carbocycles. The van der Waals surface area contributed by atoms with E-state index >= 15 is 0 Å². The van der Waals surface area contributed by atoms with Crippen LogP contribution in [0.3, 0.4) is 0 Å². The van der Waals surface area contributed by atoms with Crippen molar-refractivity contribution in [3.8, 4) is 0 Å². The molecule has 24 heavy (non-hydrogen) atoms. The molecule has 1 aromatic rings. The van der Waals surface area contributed by atoms with Gasteiger partial charge in [-0.1, -0.05) is 0 Å². The van der Waals surface area contributed by atoms with Crippen molar-refractivity contribution in [2.24, 2.45) is 0 Å². The van der Waals surface area contributed by atoms with E-state index in [2.05, 4.69) is 10.3 Å². The number of aromatic amines is 1. The first kappa shape index (κ1) is 16.1. The topological polar surface area (TPSA) is 85.5 Å². The van der Waals surface area contributed by atoms with Gasteiger partial charge in [0.25, 0.3) is 5.91 Å². The largest absolute Gasteiger partial charge is 0.356 e. The Bertz CT molecular complexity index is 709. The summed E-state index contributed by atoms with van der Waals surface area (Å²) in [6, 6.07) is 1.60. The number of nitrogens with zero attached hydrogens (tertiary/aromatic N) is 2. The van der Waals surface area contributed by atoms with Crippen molar-refractivity contribution in [1.82, 2.24) is 19.5 Å². The molecule has 3 fully saturated rings. The molecule has 0 aromatic carbocycles. The van der Waals surface area contributed by atoms with Crippen LogP contribution in [-0.4, -0.2) is 66.8 Å². The highest BCUT2D eigenvalue weighted by Gasteiger charge is 2.43. The third-order valence-corrected chi connectivity index (χ3v) is 7.43. The number of H-pyrrole nitrogens is 1. The van der Waals surface area contributed by atoms with Crippen LogP contribution in [0.1, 0.15) is 42.6 Å². The third kappa shape index (κ3) is 2.66. The van der Waals surface area contributed by atoms with Crippen LogP contribution in [0.2, 0.25) is 0 Å². The molecule has 132 valence electrons. The van der Waals surface area contributed by atoms with E-state index in [0.29, 0.717) is 12.2 Å². The average Bonchev–Trinajstić information content (AvgIpc) is 3.25. The molecule has 8 heteroatoms. The van der Waals surface area contributed by atoms with Crippen LogP contribution in [0, 0.1) is 0 Å². The Morgan fingerprint density at radius 2 is 1.88 bits per heavy atom. The highest BCUT2D eigenvalue weighted by Crippen LogP contribution is 2.34. The molecule has 4 heterocycles. The summed E-state index contributed by atoms with van der Waals surface area (Å²) in [4.78, 5) is 17.3. The van der Waals surface area contributed by atoms with Gasteiger partial charge >= 0.3 is 0 Å². The van der Waals surface area contributed by atoms with E-state index in [1.165, 1.54) is 12.3 Å². The van der Waals surface area contributed by atoms with Crippen molar-refractivity contribution in [2.45, 2.75) is 49.1 Å². The summed E-state index contributed by atoms with van der Waals surface area (Å²) < 4.78 is 27.9. The SMILES string of the molecule is O=C(c1cc(S(=O)(=O)N2C3CCNCC2CC3)c[nH]1)N1CCCC1. The molecule has 2 atom stereocenters. The molecular formula is C16H24N4O3S. The number of nitrogens with one attached hydrogen (secondary N) is 2. The van der Waals surface area contributed by atoms with E-state index in [9.17, 15) is 13.2 Å². The highest BCUT2D eigenvalue weighted by atomic mass is 32.2. The minimum atomic E-state index is -3.57. The van der Waals surface area contributed by atoms with Crippen LogP contribution in [-0.2, 0) is 10.0 Å². The van der Waals surface area contributed by atoms with Gasteiger partial charge in [0.05, 0.1) is 0 Å². The summed E-state index contributed by atoms with van der Waals surface area (Å²) in [7, 11) is -3.57. The van der Waals surface area contributed by atoms with E-state index in [1.54, 1.807) is 9.21 Å². The first-order chi connectivity index (χ1) is 11.6. The Labute approximate surface area is 142 Å². The summed E-state index contributed by atoms with van der Waals surface area (Å²) in [5.74, 6) is -0.102. The normalized spacial score (nSPS) is 28.2. The number of hydrogen-bond donors (Lipinski definition) is 2. The van der Waals surface area contributed by atoms with Gasteiger partial charge in [-0.2, -0.15) is 4.31 Å². The first-order valence-corrected chi connectivity index (χ1v) is 10.2. The number of rotatable bonds is 3. The Balaban J connectivity index is 1.60. The second-order valence-electron chi connectivity index (χ2n) is 6.96. The number of carbonyl (C=O) groups is 1. The minimum Gasteiger partial charge on any atom is -0.356 e. The molecular weight excluding hydrogens is 328 g/mol. The molecule has 3 saturated heterocycles. The average molecular weight is 352 g/mol. The maximum absolute atomic E-state index is 13.1. The number of amides is 1. The number of likely N-dealkylation sites (tertiary alicyclic amines) is 1. The molecule has 0 spiro atoms. The fourth-order valence-electron chi connectivity index (χ4n) is 4.19. The zero-order valence-corrected chi connectivity index (χ0v) is 14.5. The maximum Gasteiger partial charge on any atom is 0.270 e. The number of aromatic nitrogens is 1. The van der Waals surface area contributed by atoms with Crippen molar-refractivity contribution in [3.05, 3.63) is 18.0 Å². The predicted octanol–water partition coefficient (Wildman–Crippen LogP) is 0.766. The molecule has 2 N–H and O–H groups in total. The molecule has 2 bridgehead atoms. The molecule has 1 amide bonds. The van der Waals surface area contributed by atoms with Gasteiger partial charge in [-0.15, -0.1) is 0 Å². The Morgan fingerprint density at radius 1 is 1.12 bits per heavy atom. The van der Waals surface area contributed by atoms with Gasteiger partial charge in [0.1, 0.15) is 10.6 Å². The van der Waals surface area contributed by atoms with Crippen LogP contribution in [0.15, 0.2) is 17.2 Å². The van der Waals surface area contributed by atoms with E-state index in [1.807, 2.05) is 0 Å². The second-order valence-corrected chi connectivity index (χ2v) is 8.80. The molecule has 4 rings (SSSR count). The molecule has 7 nitrogen and oxygen atoms in total. The third-order valence-electron chi connectivity index (χ3n) is 5.44. The molecule has 2 unspecified atom stereocenters. The zero-order chi connectivity index (χ0) is 16.7. The summed E-state index contributed by atoms with van der Waals surface area (Å²) in [5.41, 5.74) is 0.371. The fraction of sp³-hybridized carbons (Fsp3) is 0.688. The second kappa shape index (κ2) is 6.16. The summed E-state index contributed by atoms with van der Waals surface area (Å²) >= 11 is 0. The van der Waals surface area contributed by atoms with Gasteiger partial charge in [0, 0.05) is 37.9 Å². The smallest absolute Gasteiger partial charge is 0.270 e. The first-order valence-electron chi connectivity index (χ1n) is 8.79. The van der Waals surface area contributed by atoms with Crippen molar-refractivity contribution in [2.75, 3.05) is 26.2 Å². The van der Waals surface area contributed by atoms with Crippen molar-refractivity contribution in [1.29, 1.82) is 0 Å². The van der Waals surface area contributed by atoms with Gasteiger partial charge in [-0.05, 0) is 44.7 Å². The van der Waals surface area contributed by atoms with Crippen molar-refractivity contribution in [3.63, 3.8) is 0 Å². The van der Waals surface area contributed by atoms with Gasteiger partial charge in [-0.3, -0.25) is 4.79 Å². The number of sulfonamides is 1. The quantitative estimate of drug-likeness (QED) is 0.841. The predicted molar refractivity (Wildman–Crippen MR) is 89.3 cm³/mol. The summed E-state index contributed by atoms with van der Waals surface area (Å²) in [6.45, 7) is 3.07. The van der Waals surface area contributed by atoms with Crippen LogP contribution in [0.25, 0.3) is 0 Å². The van der Waals surface area contributed by atoms with E-state index in [-0.39, 0.29) is 22.9 Å². The van der Waals surface area contributed by atoms with Crippen LogP contribution in [0.5, 0.6) is 0 Å². The number of hydrogen-bond acceptors (Lipinski definition) is 4. The van der Waals surface area contributed by atoms with Crippen LogP contribution < -0.4 is 5.32 Å². The van der Waals surface area contributed by atoms with Crippen molar-refractivity contribution < 1.29 is 13.2 Å². The lowest BCUT2D eigenvalue weighted by Crippen LogP contribution is -2.42. The standard InChI is InChI=1S/C16H24N4O3S/c21-16(19-7-1-2-8-19)15-9-14(11-18-15)24(22,23)20-12-3-4-13(20)10-17-6-5-12/h9,11-13,17-18H,1-8,10H2.